The highest BCUT2D eigenvalue weighted by atomic mass is 79.9. The Hall–Kier alpha value is -0.670. The van der Waals surface area contributed by atoms with Crippen LogP contribution in [-0.4, -0.2) is 4.98 Å². The number of hydrogen-bond acceptors (Lipinski definition) is 2. The van der Waals surface area contributed by atoms with Crippen LogP contribution in [0.5, 0.6) is 0 Å². The Morgan fingerprint density at radius 2 is 1.82 bits per heavy atom. The van der Waals surface area contributed by atoms with Crippen molar-refractivity contribution in [3.05, 3.63) is 40.9 Å². The van der Waals surface area contributed by atoms with E-state index in [4.69, 9.17) is 0 Å². The molecule has 0 aliphatic carbocycles. The largest absolute Gasteiger partial charge is 0.244 e. The average Bonchev–Trinajstić information content (AvgIpc) is 2.76. The third-order valence-electron chi connectivity index (χ3n) is 2.68. The standard InChI is InChI=1S/C14H16BrNS/c1-14(2,3)11-6-4-10(5-7-11)13-16-9-12(8-15)17-13/h4-7,9H,8H2,1-3H3. The molecule has 0 aliphatic heterocycles. The third-order valence-corrected chi connectivity index (χ3v) is 4.70. The van der Waals surface area contributed by atoms with Crippen molar-refractivity contribution < 1.29 is 0 Å². The van der Waals surface area contributed by atoms with Gasteiger partial charge in [-0.05, 0) is 11.0 Å². The molecule has 0 spiro atoms. The molecule has 1 aromatic heterocycles. The number of alkyl halides is 1. The predicted octanol–water partition coefficient (Wildman–Crippen LogP) is 5.00. The highest BCUT2D eigenvalue weighted by Gasteiger charge is 2.13. The molecule has 17 heavy (non-hydrogen) atoms. The SMILES string of the molecule is CC(C)(C)c1ccc(-c2ncc(CBr)s2)cc1. The highest BCUT2D eigenvalue weighted by molar-refractivity contribution is 9.08. The second-order valence-corrected chi connectivity index (χ2v) is 6.77. The first-order valence-corrected chi connectivity index (χ1v) is 7.56. The molecule has 0 saturated carbocycles. The molecule has 1 aromatic carbocycles. The number of nitrogens with zero attached hydrogens (tertiary/aromatic N) is 1. The Labute approximate surface area is 115 Å². The summed E-state index contributed by atoms with van der Waals surface area (Å²) in [5.74, 6) is 0. The van der Waals surface area contributed by atoms with Crippen LogP contribution in [0.2, 0.25) is 0 Å². The molecule has 0 unspecified atom stereocenters. The van der Waals surface area contributed by atoms with Crippen LogP contribution in [0.3, 0.4) is 0 Å². The van der Waals surface area contributed by atoms with Gasteiger partial charge in [0.05, 0.1) is 0 Å². The number of rotatable bonds is 2. The lowest BCUT2D eigenvalue weighted by atomic mass is 9.87. The van der Waals surface area contributed by atoms with E-state index in [1.807, 2.05) is 6.20 Å². The van der Waals surface area contributed by atoms with Crippen molar-refractivity contribution in [3.63, 3.8) is 0 Å². The van der Waals surface area contributed by atoms with Gasteiger partial charge in [-0.1, -0.05) is 61.0 Å². The molecule has 0 N–H and O–H groups in total. The summed E-state index contributed by atoms with van der Waals surface area (Å²) in [4.78, 5) is 5.70. The summed E-state index contributed by atoms with van der Waals surface area (Å²) in [6, 6.07) is 8.73. The van der Waals surface area contributed by atoms with Crippen LogP contribution in [0.15, 0.2) is 30.5 Å². The fourth-order valence-corrected chi connectivity index (χ4v) is 2.87. The first kappa shape index (κ1) is 12.8. The Balaban J connectivity index is 2.29. The number of halogens is 1. The normalized spacial score (nSPS) is 11.8. The van der Waals surface area contributed by atoms with E-state index in [9.17, 15) is 0 Å². The van der Waals surface area contributed by atoms with Crippen molar-refractivity contribution in [1.82, 2.24) is 4.98 Å². The first-order chi connectivity index (χ1) is 8.00. The van der Waals surface area contributed by atoms with Crippen molar-refractivity contribution in [1.29, 1.82) is 0 Å². The Bertz CT molecular complexity index is 494. The van der Waals surface area contributed by atoms with Gasteiger partial charge in [0, 0.05) is 22.0 Å². The first-order valence-electron chi connectivity index (χ1n) is 5.62. The second-order valence-electron chi connectivity index (χ2n) is 5.09. The van der Waals surface area contributed by atoms with Crippen molar-refractivity contribution in [2.45, 2.75) is 31.5 Å². The van der Waals surface area contributed by atoms with E-state index >= 15 is 0 Å². The molecule has 90 valence electrons. The lowest BCUT2D eigenvalue weighted by molar-refractivity contribution is 0.590. The molecule has 0 fully saturated rings. The maximum absolute atomic E-state index is 4.44. The summed E-state index contributed by atoms with van der Waals surface area (Å²) in [5.41, 5.74) is 2.77. The van der Waals surface area contributed by atoms with Gasteiger partial charge >= 0.3 is 0 Å². The van der Waals surface area contributed by atoms with Crippen molar-refractivity contribution >= 4 is 27.3 Å². The molecule has 2 aromatic rings. The molecule has 0 bridgehead atoms. The summed E-state index contributed by atoms with van der Waals surface area (Å²) in [6.07, 6.45) is 1.94. The smallest absolute Gasteiger partial charge is 0.123 e. The zero-order chi connectivity index (χ0) is 12.5. The van der Waals surface area contributed by atoms with E-state index in [0.29, 0.717) is 0 Å². The van der Waals surface area contributed by atoms with E-state index in [2.05, 4.69) is 66.0 Å². The van der Waals surface area contributed by atoms with Gasteiger partial charge in [0.1, 0.15) is 5.01 Å². The maximum Gasteiger partial charge on any atom is 0.123 e. The van der Waals surface area contributed by atoms with Crippen molar-refractivity contribution in [2.75, 3.05) is 0 Å². The summed E-state index contributed by atoms with van der Waals surface area (Å²) >= 11 is 5.19. The van der Waals surface area contributed by atoms with Gasteiger partial charge in [0.15, 0.2) is 0 Å². The van der Waals surface area contributed by atoms with Gasteiger partial charge in [-0.3, -0.25) is 0 Å². The summed E-state index contributed by atoms with van der Waals surface area (Å²) in [7, 11) is 0. The van der Waals surface area contributed by atoms with E-state index in [1.54, 1.807) is 11.3 Å². The van der Waals surface area contributed by atoms with Crippen LogP contribution in [0.4, 0.5) is 0 Å². The van der Waals surface area contributed by atoms with Gasteiger partial charge < -0.3 is 0 Å². The Morgan fingerprint density at radius 3 is 2.29 bits per heavy atom. The minimum absolute atomic E-state index is 0.211. The molecule has 0 atom stereocenters. The lowest BCUT2D eigenvalue weighted by Crippen LogP contribution is -2.10. The van der Waals surface area contributed by atoms with Crippen LogP contribution >= 0.6 is 27.3 Å². The van der Waals surface area contributed by atoms with Crippen LogP contribution in [0.25, 0.3) is 10.6 Å². The number of aromatic nitrogens is 1. The van der Waals surface area contributed by atoms with E-state index in [-0.39, 0.29) is 5.41 Å². The zero-order valence-electron chi connectivity index (χ0n) is 10.3. The topological polar surface area (TPSA) is 12.9 Å². The molecule has 3 heteroatoms. The fourth-order valence-electron chi connectivity index (χ4n) is 1.62. The Morgan fingerprint density at radius 1 is 1.18 bits per heavy atom. The predicted molar refractivity (Wildman–Crippen MR) is 78.9 cm³/mol. The molecule has 0 aliphatic rings. The van der Waals surface area contributed by atoms with E-state index in [0.717, 1.165) is 10.3 Å². The van der Waals surface area contributed by atoms with Crippen molar-refractivity contribution in [3.8, 4) is 10.6 Å². The minimum atomic E-state index is 0.211. The summed E-state index contributed by atoms with van der Waals surface area (Å²) < 4.78 is 0. The molecule has 1 heterocycles. The van der Waals surface area contributed by atoms with Crippen molar-refractivity contribution in [2.24, 2.45) is 0 Å². The van der Waals surface area contributed by atoms with Crippen LogP contribution in [-0.2, 0) is 10.7 Å². The van der Waals surface area contributed by atoms with Crippen LogP contribution in [0, 0.1) is 0 Å². The summed E-state index contributed by atoms with van der Waals surface area (Å²) in [6.45, 7) is 6.69. The van der Waals surface area contributed by atoms with Gasteiger partial charge in [0.2, 0.25) is 0 Å². The number of hydrogen-bond donors (Lipinski definition) is 0. The highest BCUT2D eigenvalue weighted by Crippen LogP contribution is 2.29. The minimum Gasteiger partial charge on any atom is -0.244 e. The quantitative estimate of drug-likeness (QED) is 0.711. The summed E-state index contributed by atoms with van der Waals surface area (Å²) in [5, 5.41) is 1.98. The molecule has 2 rings (SSSR count). The van der Waals surface area contributed by atoms with Crippen LogP contribution < -0.4 is 0 Å². The molecule has 0 amide bonds. The lowest BCUT2D eigenvalue weighted by Gasteiger charge is -2.18. The van der Waals surface area contributed by atoms with Gasteiger partial charge in [-0.25, -0.2) is 4.98 Å². The number of thiazole rings is 1. The average molecular weight is 310 g/mol. The van der Waals surface area contributed by atoms with E-state index in [1.165, 1.54) is 16.0 Å². The van der Waals surface area contributed by atoms with Gasteiger partial charge in [-0.15, -0.1) is 11.3 Å². The zero-order valence-corrected chi connectivity index (χ0v) is 12.7. The van der Waals surface area contributed by atoms with Crippen LogP contribution in [0.1, 0.15) is 31.2 Å². The van der Waals surface area contributed by atoms with Gasteiger partial charge in [0.25, 0.3) is 0 Å². The molecular weight excluding hydrogens is 294 g/mol. The Kier molecular flexibility index (Phi) is 3.69. The van der Waals surface area contributed by atoms with E-state index < -0.39 is 0 Å². The maximum atomic E-state index is 4.44. The molecule has 0 saturated heterocycles. The number of benzene rings is 1. The molecule has 0 radical (unpaired) electrons. The molecule has 1 nitrogen and oxygen atoms in total. The monoisotopic (exact) mass is 309 g/mol. The third kappa shape index (κ3) is 2.96. The fraction of sp³-hybridized carbons (Fsp3) is 0.357. The van der Waals surface area contributed by atoms with Gasteiger partial charge in [-0.2, -0.15) is 0 Å². The second kappa shape index (κ2) is 4.91. The molecular formula is C14H16BrNS.